The van der Waals surface area contributed by atoms with E-state index in [0.717, 1.165) is 33.5 Å². The van der Waals surface area contributed by atoms with Crippen LogP contribution in [0.15, 0.2) is 59.2 Å². The first kappa shape index (κ1) is 17.4. The van der Waals surface area contributed by atoms with Crippen LogP contribution < -0.4 is 0 Å². The Morgan fingerprint density at radius 3 is 2.36 bits per heavy atom. The van der Waals surface area contributed by atoms with Crippen LogP contribution in [0.5, 0.6) is 0 Å². The summed E-state index contributed by atoms with van der Waals surface area (Å²) >= 11 is 3.63. The van der Waals surface area contributed by atoms with Gasteiger partial charge in [-0.3, -0.25) is 0 Å². The Labute approximate surface area is 157 Å². The second-order valence-corrected chi connectivity index (χ2v) is 7.25. The summed E-state index contributed by atoms with van der Waals surface area (Å²) in [6.07, 6.45) is 1.38. The third-order valence-electron chi connectivity index (χ3n) is 4.05. The van der Waals surface area contributed by atoms with E-state index in [9.17, 15) is 5.26 Å². The molecule has 0 unspecified atom stereocenters. The van der Waals surface area contributed by atoms with Crippen molar-refractivity contribution < 1.29 is 0 Å². The molecule has 0 aliphatic carbocycles. The normalized spacial score (nSPS) is 10.8. The number of rotatable bonds is 5. The lowest BCUT2D eigenvalue weighted by Gasteiger charge is -2.06. The molecule has 3 rings (SSSR count). The molecule has 4 heteroatoms. The van der Waals surface area contributed by atoms with Crippen LogP contribution in [0.2, 0.25) is 0 Å². The Morgan fingerprint density at radius 1 is 1.08 bits per heavy atom. The summed E-state index contributed by atoms with van der Waals surface area (Å²) in [6, 6.07) is 20.7. The van der Waals surface area contributed by atoms with E-state index in [4.69, 9.17) is 5.10 Å². The molecular weight excluding hydrogens is 374 g/mol. The van der Waals surface area contributed by atoms with E-state index in [1.807, 2.05) is 35.0 Å². The molecular formula is C21H20BrN3. The molecule has 1 aromatic heterocycles. The zero-order valence-corrected chi connectivity index (χ0v) is 16.0. The number of para-hydroxylation sites is 1. The van der Waals surface area contributed by atoms with Crippen LogP contribution in [0.4, 0.5) is 0 Å². The lowest BCUT2D eigenvalue weighted by atomic mass is 10.00. The van der Waals surface area contributed by atoms with Gasteiger partial charge in [-0.1, -0.05) is 56.3 Å². The minimum absolute atomic E-state index is 0.316. The molecule has 25 heavy (non-hydrogen) atoms. The van der Waals surface area contributed by atoms with Crippen molar-refractivity contribution in [3.05, 3.63) is 70.3 Å². The van der Waals surface area contributed by atoms with Gasteiger partial charge in [0.2, 0.25) is 0 Å². The van der Waals surface area contributed by atoms with Gasteiger partial charge in [-0.05, 0) is 46.0 Å². The highest BCUT2D eigenvalue weighted by molar-refractivity contribution is 9.10. The number of hydrogen-bond donors (Lipinski definition) is 0. The Morgan fingerprint density at radius 2 is 1.76 bits per heavy atom. The van der Waals surface area contributed by atoms with E-state index < -0.39 is 0 Å². The van der Waals surface area contributed by atoms with E-state index in [2.05, 4.69) is 60.1 Å². The first-order valence-corrected chi connectivity index (χ1v) is 9.18. The van der Waals surface area contributed by atoms with Gasteiger partial charge >= 0.3 is 0 Å². The predicted octanol–water partition coefficient (Wildman–Crippen LogP) is 5.57. The minimum Gasteiger partial charge on any atom is -0.226 e. The Hall–Kier alpha value is -2.38. The molecule has 0 saturated heterocycles. The Bertz CT molecular complexity index is 887. The Kier molecular flexibility index (Phi) is 5.35. The van der Waals surface area contributed by atoms with Crippen LogP contribution in [0.25, 0.3) is 16.9 Å². The maximum Gasteiger partial charge on any atom is 0.114 e. The van der Waals surface area contributed by atoms with Crippen molar-refractivity contribution in [2.24, 2.45) is 5.92 Å². The fourth-order valence-corrected chi connectivity index (χ4v) is 3.52. The lowest BCUT2D eigenvalue weighted by molar-refractivity contribution is 0.647. The predicted molar refractivity (Wildman–Crippen MR) is 105 cm³/mol. The number of nitrogens with zero attached hydrogens (tertiary/aromatic N) is 3. The second kappa shape index (κ2) is 7.67. The summed E-state index contributed by atoms with van der Waals surface area (Å²) in [4.78, 5) is 0. The van der Waals surface area contributed by atoms with E-state index in [1.165, 1.54) is 5.56 Å². The SMILES string of the molecule is CC(C)Cc1ccc(-c2nn(-c3ccccc3)c(Br)c2CC#N)cc1. The summed E-state index contributed by atoms with van der Waals surface area (Å²) in [5, 5.41) is 14.0. The second-order valence-electron chi connectivity index (χ2n) is 6.50. The molecule has 1 heterocycles. The molecule has 0 N–H and O–H groups in total. The van der Waals surface area contributed by atoms with Gasteiger partial charge in [-0.15, -0.1) is 0 Å². The molecule has 0 bridgehead atoms. The molecule has 3 nitrogen and oxygen atoms in total. The number of nitriles is 1. The first-order valence-electron chi connectivity index (χ1n) is 8.39. The maximum atomic E-state index is 9.23. The van der Waals surface area contributed by atoms with Gasteiger partial charge in [0.1, 0.15) is 4.60 Å². The van der Waals surface area contributed by atoms with E-state index in [1.54, 1.807) is 0 Å². The monoisotopic (exact) mass is 393 g/mol. The van der Waals surface area contributed by atoms with Gasteiger partial charge in [-0.2, -0.15) is 10.4 Å². The van der Waals surface area contributed by atoms with Crippen LogP contribution in [-0.4, -0.2) is 9.78 Å². The molecule has 0 aliphatic heterocycles. The average molecular weight is 394 g/mol. The molecule has 3 aromatic rings. The van der Waals surface area contributed by atoms with Gasteiger partial charge in [0.05, 0.1) is 23.9 Å². The highest BCUT2D eigenvalue weighted by Crippen LogP contribution is 2.31. The number of hydrogen-bond acceptors (Lipinski definition) is 2. The first-order chi connectivity index (χ1) is 12.1. The molecule has 2 aromatic carbocycles. The molecule has 0 aliphatic rings. The molecule has 0 radical (unpaired) electrons. The van der Waals surface area contributed by atoms with Crippen molar-refractivity contribution in [2.75, 3.05) is 0 Å². The van der Waals surface area contributed by atoms with E-state index in [0.29, 0.717) is 12.3 Å². The smallest absolute Gasteiger partial charge is 0.114 e. The molecule has 0 fully saturated rings. The summed E-state index contributed by atoms with van der Waals surface area (Å²) in [6.45, 7) is 4.44. The summed E-state index contributed by atoms with van der Waals surface area (Å²) in [7, 11) is 0. The maximum absolute atomic E-state index is 9.23. The fraction of sp³-hybridized carbons (Fsp3) is 0.238. The largest absolute Gasteiger partial charge is 0.226 e. The van der Waals surface area contributed by atoms with Gasteiger partial charge in [-0.25, -0.2) is 4.68 Å². The molecule has 0 spiro atoms. The standard InChI is InChI=1S/C21H20BrN3/c1-15(2)14-16-8-10-17(11-9-16)20-19(12-13-23)21(22)25(24-20)18-6-4-3-5-7-18/h3-11,15H,12,14H2,1-2H3. The number of halogens is 1. The van der Waals surface area contributed by atoms with Gasteiger partial charge < -0.3 is 0 Å². The third-order valence-corrected chi connectivity index (χ3v) is 4.86. The van der Waals surface area contributed by atoms with Gasteiger partial charge in [0.25, 0.3) is 0 Å². The number of benzene rings is 2. The van der Waals surface area contributed by atoms with Crippen LogP contribution >= 0.6 is 15.9 Å². The topological polar surface area (TPSA) is 41.6 Å². The van der Waals surface area contributed by atoms with Crippen LogP contribution in [0.3, 0.4) is 0 Å². The van der Waals surface area contributed by atoms with E-state index in [-0.39, 0.29) is 0 Å². The molecule has 0 atom stereocenters. The summed E-state index contributed by atoms with van der Waals surface area (Å²) in [5.41, 5.74) is 5.10. The van der Waals surface area contributed by atoms with Crippen LogP contribution in [0, 0.1) is 17.2 Å². The molecule has 0 amide bonds. The fourth-order valence-electron chi connectivity index (χ4n) is 2.91. The average Bonchev–Trinajstić information content (AvgIpc) is 2.93. The lowest BCUT2D eigenvalue weighted by Crippen LogP contribution is -1.96. The number of aromatic nitrogens is 2. The highest BCUT2D eigenvalue weighted by atomic mass is 79.9. The molecule has 126 valence electrons. The summed E-state index contributed by atoms with van der Waals surface area (Å²) in [5.74, 6) is 0.631. The summed E-state index contributed by atoms with van der Waals surface area (Å²) < 4.78 is 2.69. The van der Waals surface area contributed by atoms with Crippen molar-refractivity contribution in [3.8, 4) is 23.0 Å². The highest BCUT2D eigenvalue weighted by Gasteiger charge is 2.18. The minimum atomic E-state index is 0.316. The van der Waals surface area contributed by atoms with Crippen LogP contribution in [-0.2, 0) is 12.8 Å². The van der Waals surface area contributed by atoms with Crippen molar-refractivity contribution in [3.63, 3.8) is 0 Å². The van der Waals surface area contributed by atoms with Gasteiger partial charge in [0.15, 0.2) is 0 Å². The Balaban J connectivity index is 2.05. The zero-order valence-electron chi connectivity index (χ0n) is 14.4. The molecule has 0 saturated carbocycles. The zero-order chi connectivity index (χ0) is 17.8. The van der Waals surface area contributed by atoms with Crippen molar-refractivity contribution in [2.45, 2.75) is 26.7 Å². The van der Waals surface area contributed by atoms with Crippen LogP contribution in [0.1, 0.15) is 25.0 Å². The van der Waals surface area contributed by atoms with E-state index >= 15 is 0 Å². The van der Waals surface area contributed by atoms with Crippen molar-refractivity contribution in [1.29, 1.82) is 5.26 Å². The van der Waals surface area contributed by atoms with Crippen molar-refractivity contribution in [1.82, 2.24) is 9.78 Å². The third kappa shape index (κ3) is 3.83. The van der Waals surface area contributed by atoms with Gasteiger partial charge in [0, 0.05) is 11.1 Å². The van der Waals surface area contributed by atoms with Crippen molar-refractivity contribution >= 4 is 15.9 Å². The quantitative estimate of drug-likeness (QED) is 0.568.